The van der Waals surface area contributed by atoms with Crippen molar-refractivity contribution in [3.63, 3.8) is 0 Å². The van der Waals surface area contributed by atoms with Crippen LogP contribution >= 0.6 is 11.3 Å². The number of fused-ring (bicyclic) bond motifs is 5. The molecule has 4 aromatic rings. The van der Waals surface area contributed by atoms with Gasteiger partial charge >= 0.3 is 6.03 Å². The molecule has 0 fully saturated rings. The van der Waals surface area contributed by atoms with Gasteiger partial charge in [-0.05, 0) is 80.1 Å². The molecule has 2 amide bonds. The third-order valence-corrected chi connectivity index (χ3v) is 8.31. The van der Waals surface area contributed by atoms with E-state index in [1.807, 2.05) is 65.6 Å². The van der Waals surface area contributed by atoms with Crippen LogP contribution in [0.2, 0.25) is 0 Å². The van der Waals surface area contributed by atoms with Gasteiger partial charge in [0.25, 0.3) is 0 Å². The Kier molecular flexibility index (Phi) is 5.82. The number of nitrogens with zero attached hydrogens (tertiary/aromatic N) is 2. The molecule has 1 aliphatic heterocycles. The van der Waals surface area contributed by atoms with E-state index in [-0.39, 0.29) is 12.1 Å². The Labute approximate surface area is 210 Å². The van der Waals surface area contributed by atoms with Crippen molar-refractivity contribution >= 4 is 23.1 Å². The molecule has 6 rings (SSSR count). The van der Waals surface area contributed by atoms with Gasteiger partial charge in [0.05, 0.1) is 24.9 Å². The molecule has 6 heteroatoms. The third kappa shape index (κ3) is 4.02. The van der Waals surface area contributed by atoms with Crippen LogP contribution in [0, 0.1) is 0 Å². The summed E-state index contributed by atoms with van der Waals surface area (Å²) in [5.74, 6) is 0.841. The van der Waals surface area contributed by atoms with Gasteiger partial charge in [-0.2, -0.15) is 0 Å². The Hall–Kier alpha value is -3.51. The van der Waals surface area contributed by atoms with Crippen molar-refractivity contribution in [2.24, 2.45) is 0 Å². The van der Waals surface area contributed by atoms with Gasteiger partial charge in [0.1, 0.15) is 10.8 Å². The predicted molar refractivity (Wildman–Crippen MR) is 141 cm³/mol. The number of rotatable bonds is 4. The lowest BCUT2D eigenvalue weighted by Gasteiger charge is -2.31. The minimum absolute atomic E-state index is 0.0913. The molecule has 1 aliphatic carbocycles. The van der Waals surface area contributed by atoms with Gasteiger partial charge in [-0.3, -0.25) is 0 Å². The topological polar surface area (TPSA) is 46.5 Å². The number of anilines is 1. The number of hydrogen-bond donors (Lipinski definition) is 1. The van der Waals surface area contributed by atoms with Crippen LogP contribution in [0.15, 0.2) is 72.9 Å². The smallest absolute Gasteiger partial charge is 0.322 e. The maximum absolute atomic E-state index is 13.9. The van der Waals surface area contributed by atoms with E-state index in [9.17, 15) is 4.79 Å². The van der Waals surface area contributed by atoms with E-state index in [4.69, 9.17) is 4.74 Å². The highest BCUT2D eigenvalue weighted by atomic mass is 32.1. The van der Waals surface area contributed by atoms with Crippen molar-refractivity contribution in [1.29, 1.82) is 0 Å². The zero-order valence-electron chi connectivity index (χ0n) is 19.9. The molecule has 5 nitrogen and oxygen atoms in total. The quantitative estimate of drug-likeness (QED) is 0.341. The number of ether oxygens (including phenoxy) is 1. The van der Waals surface area contributed by atoms with Gasteiger partial charge in [-0.15, -0.1) is 11.3 Å². The molecule has 2 aliphatic rings. The number of thiophene rings is 1. The van der Waals surface area contributed by atoms with E-state index in [0.717, 1.165) is 35.5 Å². The van der Waals surface area contributed by atoms with Crippen LogP contribution in [0.4, 0.5) is 10.5 Å². The van der Waals surface area contributed by atoms with Crippen molar-refractivity contribution in [3.05, 3.63) is 100 Å². The Morgan fingerprint density at radius 2 is 1.80 bits per heavy atom. The Morgan fingerprint density at radius 3 is 2.60 bits per heavy atom. The number of carbonyl (C=O) groups excluding carboxylic acids is 1. The third-order valence-electron chi connectivity index (χ3n) is 6.97. The molecule has 0 saturated carbocycles. The van der Waals surface area contributed by atoms with Crippen molar-refractivity contribution in [2.45, 2.75) is 45.2 Å². The number of benzene rings is 2. The first-order valence-electron chi connectivity index (χ1n) is 12.4. The maximum atomic E-state index is 13.9. The van der Waals surface area contributed by atoms with E-state index >= 15 is 0 Å². The SMILES string of the molecule is CCOc1ccc([C@H]2c3cccn3-c3sc4c(c3CN2C(=O)Nc2ccccc2)CCCC4)cc1. The summed E-state index contributed by atoms with van der Waals surface area (Å²) in [4.78, 5) is 17.4. The summed E-state index contributed by atoms with van der Waals surface area (Å²) in [6.07, 6.45) is 6.85. The summed E-state index contributed by atoms with van der Waals surface area (Å²) in [7, 11) is 0. The average molecular weight is 484 g/mol. The molecule has 1 N–H and O–H groups in total. The second kappa shape index (κ2) is 9.27. The summed E-state index contributed by atoms with van der Waals surface area (Å²) < 4.78 is 8.00. The van der Waals surface area contributed by atoms with E-state index < -0.39 is 0 Å². The minimum atomic E-state index is -0.219. The predicted octanol–water partition coefficient (Wildman–Crippen LogP) is 6.95. The summed E-state index contributed by atoms with van der Waals surface area (Å²) in [5, 5.41) is 4.42. The first-order chi connectivity index (χ1) is 17.2. The molecule has 35 heavy (non-hydrogen) atoms. The summed E-state index contributed by atoms with van der Waals surface area (Å²) in [6, 6.07) is 21.8. The van der Waals surface area contributed by atoms with Crippen molar-refractivity contribution in [3.8, 4) is 10.8 Å². The minimum Gasteiger partial charge on any atom is -0.494 e. The number of aromatic nitrogens is 1. The number of hydrogen-bond acceptors (Lipinski definition) is 3. The van der Waals surface area contributed by atoms with E-state index in [0.29, 0.717) is 13.2 Å². The lowest BCUT2D eigenvalue weighted by atomic mass is 9.95. The van der Waals surface area contributed by atoms with Crippen LogP contribution in [-0.2, 0) is 19.4 Å². The van der Waals surface area contributed by atoms with E-state index in [1.54, 1.807) is 0 Å². The van der Waals surface area contributed by atoms with E-state index in [2.05, 4.69) is 40.3 Å². The highest BCUT2D eigenvalue weighted by molar-refractivity contribution is 7.15. The second-order valence-electron chi connectivity index (χ2n) is 9.13. The van der Waals surface area contributed by atoms with Crippen LogP contribution < -0.4 is 10.1 Å². The van der Waals surface area contributed by atoms with Gasteiger partial charge < -0.3 is 19.5 Å². The molecule has 0 unspecified atom stereocenters. The molecule has 0 spiro atoms. The second-order valence-corrected chi connectivity index (χ2v) is 10.2. The van der Waals surface area contributed by atoms with Gasteiger partial charge in [0.2, 0.25) is 0 Å². The van der Waals surface area contributed by atoms with Gasteiger partial charge in [0, 0.05) is 22.3 Å². The zero-order valence-corrected chi connectivity index (χ0v) is 20.7. The summed E-state index contributed by atoms with van der Waals surface area (Å²) >= 11 is 1.91. The van der Waals surface area contributed by atoms with Crippen LogP contribution in [0.3, 0.4) is 0 Å². The number of urea groups is 1. The molecule has 0 bridgehead atoms. The summed E-state index contributed by atoms with van der Waals surface area (Å²) in [6.45, 7) is 3.20. The first kappa shape index (κ1) is 22.0. The molecule has 2 aromatic carbocycles. The summed E-state index contributed by atoms with van der Waals surface area (Å²) in [5.41, 5.74) is 5.74. The fourth-order valence-corrected chi connectivity index (χ4v) is 6.77. The fourth-order valence-electron chi connectivity index (χ4n) is 5.37. The average Bonchev–Trinajstić information content (AvgIpc) is 3.47. The molecule has 1 atom stereocenters. The van der Waals surface area contributed by atoms with Crippen molar-refractivity contribution < 1.29 is 9.53 Å². The number of carbonyl (C=O) groups is 1. The Balaban J connectivity index is 1.48. The van der Waals surface area contributed by atoms with Gasteiger partial charge in [-0.25, -0.2) is 4.79 Å². The molecule has 0 radical (unpaired) electrons. The Morgan fingerprint density at radius 1 is 1.00 bits per heavy atom. The van der Waals surface area contributed by atoms with Gasteiger partial charge in [-0.1, -0.05) is 30.3 Å². The highest BCUT2D eigenvalue weighted by Crippen LogP contribution is 2.44. The van der Waals surface area contributed by atoms with Crippen LogP contribution in [-0.4, -0.2) is 22.1 Å². The number of aryl methyl sites for hydroxylation is 1. The molecular formula is C29H29N3O2S. The number of nitrogens with one attached hydrogen (secondary N) is 1. The van der Waals surface area contributed by atoms with Crippen molar-refractivity contribution in [2.75, 3.05) is 11.9 Å². The molecule has 178 valence electrons. The molecule has 3 heterocycles. The van der Waals surface area contributed by atoms with Gasteiger partial charge in [0.15, 0.2) is 0 Å². The first-order valence-corrected chi connectivity index (χ1v) is 13.2. The van der Waals surface area contributed by atoms with Crippen LogP contribution in [0.5, 0.6) is 5.75 Å². The monoisotopic (exact) mass is 483 g/mol. The number of amides is 2. The lowest BCUT2D eigenvalue weighted by Crippen LogP contribution is -2.38. The largest absolute Gasteiger partial charge is 0.494 e. The normalized spacial score (nSPS) is 16.6. The molecule has 0 saturated heterocycles. The fraction of sp³-hybridized carbons (Fsp3) is 0.276. The lowest BCUT2D eigenvalue weighted by molar-refractivity contribution is 0.194. The number of para-hydroxylation sites is 1. The van der Waals surface area contributed by atoms with E-state index in [1.165, 1.54) is 33.8 Å². The molecule has 2 aromatic heterocycles. The van der Waals surface area contributed by atoms with Crippen LogP contribution in [0.1, 0.15) is 53.1 Å². The highest BCUT2D eigenvalue weighted by Gasteiger charge is 2.36. The van der Waals surface area contributed by atoms with Crippen LogP contribution in [0.25, 0.3) is 5.00 Å². The molecular weight excluding hydrogens is 454 g/mol. The standard InChI is InChI=1S/C29H29N3O2S/c1-2-34-22-16-14-20(15-17-22)27-25-12-8-18-31(25)28-24(23-11-6-7-13-26(23)35-28)19-32(27)29(33)30-21-9-4-3-5-10-21/h3-5,8-10,12,14-18,27H,2,6-7,11,13,19H2,1H3,(H,30,33)/t27-/m0/s1. The zero-order chi connectivity index (χ0) is 23.8. The Bertz CT molecular complexity index is 1340. The maximum Gasteiger partial charge on any atom is 0.322 e. The van der Waals surface area contributed by atoms with Crippen molar-refractivity contribution in [1.82, 2.24) is 9.47 Å².